The second-order valence-electron chi connectivity index (χ2n) is 11.0. The van der Waals surface area contributed by atoms with Gasteiger partial charge in [-0.05, 0) is 54.3 Å². The van der Waals surface area contributed by atoms with Crippen LogP contribution in [0.5, 0.6) is 11.5 Å². The number of carbonyl (C=O) groups excluding carboxylic acids is 2. The first-order valence-corrected chi connectivity index (χ1v) is 15.7. The summed E-state index contributed by atoms with van der Waals surface area (Å²) in [6, 6.07) is 24.8. The van der Waals surface area contributed by atoms with Gasteiger partial charge in [-0.2, -0.15) is 5.26 Å². The van der Waals surface area contributed by atoms with Crippen LogP contribution in [0.25, 0.3) is 10.2 Å². The van der Waals surface area contributed by atoms with Gasteiger partial charge in [-0.25, -0.2) is 4.98 Å². The molecule has 1 aliphatic carbocycles. The first kappa shape index (κ1) is 26.8. The lowest BCUT2D eigenvalue weighted by Gasteiger charge is -2.54. The average Bonchev–Trinajstić information content (AvgIpc) is 3.66. The molecule has 1 spiro atoms. The van der Waals surface area contributed by atoms with Crippen LogP contribution in [0, 0.1) is 17.2 Å². The Balaban J connectivity index is 0.905. The zero-order valence-electron chi connectivity index (χ0n) is 22.7. The zero-order valence-corrected chi connectivity index (χ0v) is 24.3. The number of thioether (sulfide) groups is 1. The van der Waals surface area contributed by atoms with E-state index < -0.39 is 6.04 Å². The Morgan fingerprint density at radius 2 is 1.83 bits per heavy atom. The van der Waals surface area contributed by atoms with Crippen LogP contribution < -0.4 is 14.8 Å². The fraction of sp³-hybridized carbons (Fsp3) is 0.312. The quantitative estimate of drug-likeness (QED) is 0.274. The maximum Gasteiger partial charge on any atom is 0.249 e. The van der Waals surface area contributed by atoms with E-state index in [4.69, 9.17) is 14.7 Å². The number of rotatable bonds is 9. The molecule has 4 aromatic rings. The molecule has 10 heteroatoms. The van der Waals surface area contributed by atoms with Crippen molar-refractivity contribution in [1.82, 2.24) is 15.2 Å². The number of thiazole rings is 1. The van der Waals surface area contributed by atoms with Crippen LogP contribution in [-0.2, 0) is 22.6 Å². The van der Waals surface area contributed by atoms with Crippen molar-refractivity contribution in [2.24, 2.45) is 5.92 Å². The van der Waals surface area contributed by atoms with E-state index in [-0.39, 0.29) is 34.3 Å². The number of nitriles is 1. The van der Waals surface area contributed by atoms with E-state index in [9.17, 15) is 9.59 Å². The number of nitrogens with one attached hydrogen (secondary N) is 1. The molecule has 1 saturated carbocycles. The minimum absolute atomic E-state index is 0.000411. The summed E-state index contributed by atoms with van der Waals surface area (Å²) < 4.78 is 13.2. The molecule has 8 nitrogen and oxygen atoms in total. The number of nitrogens with zero attached hydrogens (tertiary/aromatic N) is 3. The van der Waals surface area contributed by atoms with E-state index in [0.29, 0.717) is 24.8 Å². The van der Waals surface area contributed by atoms with Gasteiger partial charge < -0.3 is 19.7 Å². The van der Waals surface area contributed by atoms with E-state index >= 15 is 0 Å². The summed E-state index contributed by atoms with van der Waals surface area (Å²) in [5.41, 5.74) is 2.76. The van der Waals surface area contributed by atoms with Gasteiger partial charge in [0, 0.05) is 17.2 Å². The second kappa shape index (κ2) is 11.0. The fourth-order valence-electron chi connectivity index (χ4n) is 5.67. The van der Waals surface area contributed by atoms with Gasteiger partial charge in [-0.15, -0.1) is 23.1 Å². The number of hydrogen-bond acceptors (Lipinski definition) is 8. The fourth-order valence-corrected chi connectivity index (χ4v) is 8.25. The molecule has 2 aliphatic heterocycles. The summed E-state index contributed by atoms with van der Waals surface area (Å²) in [6.45, 7) is 1.62. The van der Waals surface area contributed by atoms with Gasteiger partial charge in [-0.1, -0.05) is 42.5 Å². The molecule has 2 amide bonds. The van der Waals surface area contributed by atoms with Crippen molar-refractivity contribution in [3.8, 4) is 17.6 Å². The third kappa shape index (κ3) is 5.30. The lowest BCUT2D eigenvalue weighted by molar-refractivity contribution is -0.150. The second-order valence-corrected chi connectivity index (χ2v) is 13.5. The van der Waals surface area contributed by atoms with Gasteiger partial charge in [-0.3, -0.25) is 9.59 Å². The molecule has 3 unspecified atom stereocenters. The van der Waals surface area contributed by atoms with Gasteiger partial charge in [0.1, 0.15) is 35.6 Å². The van der Waals surface area contributed by atoms with E-state index in [0.717, 1.165) is 45.7 Å². The number of benzene rings is 3. The maximum absolute atomic E-state index is 12.9. The Kier molecular flexibility index (Phi) is 7.00. The largest absolute Gasteiger partial charge is 0.493 e. The summed E-state index contributed by atoms with van der Waals surface area (Å²) in [4.78, 5) is 31.7. The Labute approximate surface area is 251 Å². The highest BCUT2D eigenvalue weighted by molar-refractivity contribution is 8.01. The third-order valence-electron chi connectivity index (χ3n) is 8.16. The number of aromatic nitrogens is 1. The highest BCUT2D eigenvalue weighted by Crippen LogP contribution is 2.61. The Hall–Kier alpha value is -4.07. The van der Waals surface area contributed by atoms with Crippen molar-refractivity contribution in [1.29, 1.82) is 5.26 Å². The Morgan fingerprint density at radius 3 is 2.60 bits per heavy atom. The lowest BCUT2D eigenvalue weighted by atomic mass is 9.97. The first-order valence-electron chi connectivity index (χ1n) is 14.0. The average molecular weight is 597 g/mol. The monoisotopic (exact) mass is 596 g/mol. The van der Waals surface area contributed by atoms with Gasteiger partial charge in [0.05, 0.1) is 23.2 Å². The highest BCUT2D eigenvalue weighted by atomic mass is 32.2. The Morgan fingerprint density at radius 1 is 1.05 bits per heavy atom. The number of ether oxygens (including phenoxy) is 2. The number of carbonyl (C=O) groups is 2. The SMILES string of the molecule is N#Cc1nc2ccc(OCc3ccc(OCC4CN5C(=O)C(NC(=O)Cc6ccccc6)C5SC45CC5)cc3)cc2s1. The molecule has 1 N–H and O–H groups in total. The van der Waals surface area contributed by atoms with Crippen LogP contribution in [0.2, 0.25) is 0 Å². The number of hydrogen-bond donors (Lipinski definition) is 1. The van der Waals surface area contributed by atoms with Gasteiger partial charge in [0.25, 0.3) is 0 Å². The van der Waals surface area contributed by atoms with Crippen LogP contribution in [0.15, 0.2) is 72.8 Å². The Bertz CT molecular complexity index is 1680. The van der Waals surface area contributed by atoms with E-state index in [1.807, 2.05) is 89.5 Å². The molecule has 3 heterocycles. The number of β-lactam (4-membered cyclic amide) rings is 1. The van der Waals surface area contributed by atoms with Crippen molar-refractivity contribution < 1.29 is 19.1 Å². The summed E-state index contributed by atoms with van der Waals surface area (Å²) in [6.07, 6.45) is 2.49. The normalized spacial score (nSPS) is 21.7. The van der Waals surface area contributed by atoms with Crippen LogP contribution in [-0.4, -0.2) is 51.0 Å². The van der Waals surface area contributed by atoms with Crippen molar-refractivity contribution in [3.05, 3.63) is 88.9 Å². The van der Waals surface area contributed by atoms with Crippen LogP contribution in [0.1, 0.15) is 29.0 Å². The predicted octanol–water partition coefficient (Wildman–Crippen LogP) is 4.92. The van der Waals surface area contributed by atoms with Crippen LogP contribution >= 0.6 is 23.1 Å². The van der Waals surface area contributed by atoms with E-state index in [2.05, 4.69) is 16.4 Å². The predicted molar refractivity (Wildman–Crippen MR) is 161 cm³/mol. The van der Waals surface area contributed by atoms with Crippen LogP contribution in [0.3, 0.4) is 0 Å². The number of amides is 2. The molecule has 1 aromatic heterocycles. The van der Waals surface area contributed by atoms with Crippen molar-refractivity contribution in [2.75, 3.05) is 13.2 Å². The molecule has 0 bridgehead atoms. The molecule has 7 rings (SSSR count). The summed E-state index contributed by atoms with van der Waals surface area (Å²) >= 11 is 3.19. The molecule has 212 valence electrons. The molecule has 3 atom stereocenters. The first-order chi connectivity index (χ1) is 20.5. The molecule has 0 radical (unpaired) electrons. The maximum atomic E-state index is 12.9. The smallest absolute Gasteiger partial charge is 0.249 e. The summed E-state index contributed by atoms with van der Waals surface area (Å²) in [5.74, 6) is 1.66. The lowest BCUT2D eigenvalue weighted by Crippen LogP contribution is -2.73. The van der Waals surface area contributed by atoms with Crippen molar-refractivity contribution in [3.63, 3.8) is 0 Å². The van der Waals surface area contributed by atoms with Crippen molar-refractivity contribution >= 4 is 45.1 Å². The zero-order chi connectivity index (χ0) is 28.7. The summed E-state index contributed by atoms with van der Waals surface area (Å²) in [7, 11) is 0. The highest BCUT2D eigenvalue weighted by Gasteiger charge is 2.63. The van der Waals surface area contributed by atoms with Gasteiger partial charge in [0.15, 0.2) is 5.01 Å². The molecule has 3 aromatic carbocycles. The molecule has 2 saturated heterocycles. The molecular formula is C32H28N4O4S2. The minimum Gasteiger partial charge on any atom is -0.493 e. The standard InChI is InChI=1S/C32H28N4O4S2/c33-16-28-34-25-11-10-24(15-26(25)41-28)39-18-21-6-8-23(9-7-21)40-19-22-17-36-30(38)29(31(36)42-32(22)12-13-32)35-27(37)14-20-4-2-1-3-5-20/h1-11,15,22,29,31H,12-14,17-19H2,(H,35,37). The molecule has 3 aliphatic rings. The van der Waals surface area contributed by atoms with E-state index in [1.54, 1.807) is 0 Å². The molecule has 3 fully saturated rings. The molecular weight excluding hydrogens is 569 g/mol. The van der Waals surface area contributed by atoms with E-state index in [1.165, 1.54) is 11.3 Å². The molecule has 42 heavy (non-hydrogen) atoms. The number of fused-ring (bicyclic) bond motifs is 2. The van der Waals surface area contributed by atoms with Crippen LogP contribution in [0.4, 0.5) is 0 Å². The van der Waals surface area contributed by atoms with Crippen molar-refractivity contribution in [2.45, 2.75) is 42.0 Å². The topological polar surface area (TPSA) is 105 Å². The van der Waals surface area contributed by atoms with Gasteiger partial charge >= 0.3 is 0 Å². The van der Waals surface area contributed by atoms with Gasteiger partial charge in [0.2, 0.25) is 11.8 Å². The third-order valence-corrected chi connectivity index (χ3v) is 11.1. The minimum atomic E-state index is -0.445. The summed E-state index contributed by atoms with van der Waals surface area (Å²) in [5, 5.41) is 12.5.